The molecule has 0 bridgehead atoms. The van der Waals surface area contributed by atoms with Crippen molar-refractivity contribution in [3.63, 3.8) is 0 Å². The molecule has 0 atom stereocenters. The van der Waals surface area contributed by atoms with Gasteiger partial charge in [0.05, 0.1) is 40.9 Å². The standard InChI is InChI=1S/C24H25N7O2S/c32-22(13-30-7-9-33-10-8-30)31-5-3-16(4-6-31)20-12-18-23(25-14-26-24(18)29-20)28-17-1-2-19-21(11-17)34-15-27-19/h1-3,11-12,14-15H,4-10,13H2,(H2,25,26,28,29). The van der Waals surface area contributed by atoms with E-state index in [0.717, 1.165) is 64.5 Å². The van der Waals surface area contributed by atoms with Crippen molar-refractivity contribution >= 4 is 55.6 Å². The number of ether oxygens (including phenoxy) is 1. The first-order valence-corrected chi connectivity index (χ1v) is 12.3. The summed E-state index contributed by atoms with van der Waals surface area (Å²) in [5, 5.41) is 4.37. The van der Waals surface area contributed by atoms with Gasteiger partial charge in [-0.3, -0.25) is 9.69 Å². The highest BCUT2D eigenvalue weighted by Crippen LogP contribution is 2.30. The van der Waals surface area contributed by atoms with Crippen LogP contribution in [-0.2, 0) is 9.53 Å². The van der Waals surface area contributed by atoms with Crippen LogP contribution in [0.1, 0.15) is 12.1 Å². The maximum absolute atomic E-state index is 12.7. The number of carbonyl (C=O) groups excluding carboxylic acids is 1. The van der Waals surface area contributed by atoms with E-state index < -0.39 is 0 Å². The molecule has 10 heteroatoms. The number of amides is 1. The number of aromatic nitrogens is 4. The predicted octanol–water partition coefficient (Wildman–Crippen LogP) is 3.26. The first kappa shape index (κ1) is 21.2. The summed E-state index contributed by atoms with van der Waals surface area (Å²) in [7, 11) is 0. The van der Waals surface area contributed by atoms with Gasteiger partial charge in [0.2, 0.25) is 5.91 Å². The number of aromatic amines is 1. The number of morpholine rings is 1. The Labute approximate surface area is 200 Å². The van der Waals surface area contributed by atoms with Gasteiger partial charge in [0.15, 0.2) is 0 Å². The second kappa shape index (κ2) is 9.13. The Bertz CT molecular complexity index is 1370. The van der Waals surface area contributed by atoms with Crippen LogP contribution < -0.4 is 5.32 Å². The molecule has 0 unspecified atom stereocenters. The number of hydrogen-bond donors (Lipinski definition) is 2. The molecule has 34 heavy (non-hydrogen) atoms. The highest BCUT2D eigenvalue weighted by molar-refractivity contribution is 7.16. The molecule has 4 aromatic rings. The number of nitrogens with one attached hydrogen (secondary N) is 2. The van der Waals surface area contributed by atoms with Crippen molar-refractivity contribution in [3.8, 4) is 0 Å². The molecule has 2 aliphatic heterocycles. The van der Waals surface area contributed by atoms with Gasteiger partial charge in [-0.2, -0.15) is 0 Å². The Balaban J connectivity index is 1.17. The molecule has 1 aromatic carbocycles. The first-order valence-electron chi connectivity index (χ1n) is 11.4. The van der Waals surface area contributed by atoms with Crippen LogP contribution in [0.3, 0.4) is 0 Å². The van der Waals surface area contributed by atoms with E-state index in [4.69, 9.17) is 4.74 Å². The summed E-state index contributed by atoms with van der Waals surface area (Å²) in [6.07, 6.45) is 4.51. The molecule has 9 nitrogen and oxygen atoms in total. The molecule has 1 fully saturated rings. The van der Waals surface area contributed by atoms with Crippen LogP contribution in [0.2, 0.25) is 0 Å². The minimum absolute atomic E-state index is 0.184. The van der Waals surface area contributed by atoms with Gasteiger partial charge in [0.1, 0.15) is 17.8 Å². The number of nitrogens with zero attached hydrogens (tertiary/aromatic N) is 5. The summed E-state index contributed by atoms with van der Waals surface area (Å²) < 4.78 is 6.50. The lowest BCUT2D eigenvalue weighted by Gasteiger charge is -2.31. The van der Waals surface area contributed by atoms with E-state index in [0.29, 0.717) is 26.3 Å². The molecule has 3 aromatic heterocycles. The second-order valence-corrected chi connectivity index (χ2v) is 9.42. The molecular formula is C24H25N7O2S. The third-order valence-corrected chi connectivity index (χ3v) is 7.18. The summed E-state index contributed by atoms with van der Waals surface area (Å²) >= 11 is 1.62. The maximum atomic E-state index is 12.7. The normalized spacial score (nSPS) is 17.3. The topological polar surface area (TPSA) is 99.3 Å². The van der Waals surface area contributed by atoms with Gasteiger partial charge in [0, 0.05) is 37.6 Å². The van der Waals surface area contributed by atoms with E-state index in [1.165, 1.54) is 5.57 Å². The van der Waals surface area contributed by atoms with E-state index in [1.807, 2.05) is 22.5 Å². The number of H-pyrrole nitrogens is 1. The lowest BCUT2D eigenvalue weighted by Crippen LogP contribution is -2.45. The Morgan fingerprint density at radius 3 is 2.91 bits per heavy atom. The van der Waals surface area contributed by atoms with Gasteiger partial charge >= 0.3 is 0 Å². The molecular weight excluding hydrogens is 450 g/mol. The van der Waals surface area contributed by atoms with Gasteiger partial charge in [-0.05, 0) is 36.3 Å². The van der Waals surface area contributed by atoms with Crippen molar-refractivity contribution in [3.05, 3.63) is 47.9 Å². The Hall–Kier alpha value is -3.34. The molecule has 0 saturated carbocycles. The van der Waals surface area contributed by atoms with Crippen LogP contribution in [0.5, 0.6) is 0 Å². The quantitative estimate of drug-likeness (QED) is 0.457. The Kier molecular flexibility index (Phi) is 5.69. The number of rotatable bonds is 5. The second-order valence-electron chi connectivity index (χ2n) is 8.54. The zero-order valence-corrected chi connectivity index (χ0v) is 19.5. The van der Waals surface area contributed by atoms with Crippen LogP contribution in [0.4, 0.5) is 11.5 Å². The zero-order chi connectivity index (χ0) is 22.9. The minimum atomic E-state index is 0.184. The van der Waals surface area contributed by atoms with Crippen molar-refractivity contribution in [1.82, 2.24) is 29.7 Å². The van der Waals surface area contributed by atoms with Gasteiger partial charge < -0.3 is 19.9 Å². The monoisotopic (exact) mass is 475 g/mol. The lowest BCUT2D eigenvalue weighted by molar-refractivity contribution is -0.133. The average molecular weight is 476 g/mol. The molecule has 0 radical (unpaired) electrons. The molecule has 0 spiro atoms. The molecule has 0 aliphatic carbocycles. The zero-order valence-electron chi connectivity index (χ0n) is 18.7. The van der Waals surface area contributed by atoms with E-state index >= 15 is 0 Å². The highest BCUT2D eigenvalue weighted by atomic mass is 32.1. The van der Waals surface area contributed by atoms with Crippen LogP contribution in [0.25, 0.3) is 26.8 Å². The van der Waals surface area contributed by atoms with Crippen molar-refractivity contribution in [2.75, 3.05) is 51.3 Å². The number of thiazole rings is 1. The third kappa shape index (κ3) is 4.27. The van der Waals surface area contributed by atoms with Crippen LogP contribution in [0, 0.1) is 0 Å². The SMILES string of the molecule is O=C(CN1CCOCC1)N1CC=C(c2cc3c(Nc4ccc5ncsc5c4)ncnc3[nH]2)CC1. The van der Waals surface area contributed by atoms with E-state index in [2.05, 4.69) is 48.4 Å². The summed E-state index contributed by atoms with van der Waals surface area (Å²) in [6, 6.07) is 8.20. The van der Waals surface area contributed by atoms with Gasteiger partial charge in [-0.1, -0.05) is 6.08 Å². The summed E-state index contributed by atoms with van der Waals surface area (Å²) in [5.41, 5.74) is 6.82. The van der Waals surface area contributed by atoms with Crippen LogP contribution in [0.15, 0.2) is 42.2 Å². The molecule has 174 valence electrons. The van der Waals surface area contributed by atoms with E-state index in [-0.39, 0.29) is 5.91 Å². The first-order chi connectivity index (χ1) is 16.7. The molecule has 2 aliphatic rings. The fourth-order valence-electron chi connectivity index (χ4n) is 4.47. The summed E-state index contributed by atoms with van der Waals surface area (Å²) in [6.45, 7) is 4.87. The Morgan fingerprint density at radius 1 is 1.15 bits per heavy atom. The van der Waals surface area contributed by atoms with Gasteiger partial charge in [0.25, 0.3) is 0 Å². The third-order valence-electron chi connectivity index (χ3n) is 6.39. The van der Waals surface area contributed by atoms with Crippen molar-refractivity contribution < 1.29 is 9.53 Å². The smallest absolute Gasteiger partial charge is 0.237 e. The molecule has 1 saturated heterocycles. The molecule has 5 heterocycles. The number of benzene rings is 1. The van der Waals surface area contributed by atoms with Crippen molar-refractivity contribution in [2.24, 2.45) is 0 Å². The lowest BCUT2D eigenvalue weighted by atomic mass is 10.0. The fourth-order valence-corrected chi connectivity index (χ4v) is 5.19. The number of fused-ring (bicyclic) bond motifs is 2. The van der Waals surface area contributed by atoms with Crippen LogP contribution >= 0.6 is 11.3 Å². The molecule has 1 amide bonds. The van der Waals surface area contributed by atoms with Gasteiger partial charge in [-0.15, -0.1) is 11.3 Å². The number of carbonyl (C=O) groups is 1. The predicted molar refractivity (Wildman–Crippen MR) is 133 cm³/mol. The largest absolute Gasteiger partial charge is 0.379 e. The van der Waals surface area contributed by atoms with Crippen molar-refractivity contribution in [2.45, 2.75) is 6.42 Å². The Morgan fingerprint density at radius 2 is 2.06 bits per heavy atom. The molecule has 6 rings (SSSR count). The highest BCUT2D eigenvalue weighted by Gasteiger charge is 2.22. The van der Waals surface area contributed by atoms with E-state index in [1.54, 1.807) is 17.7 Å². The maximum Gasteiger partial charge on any atom is 0.237 e. The van der Waals surface area contributed by atoms with Gasteiger partial charge in [-0.25, -0.2) is 15.0 Å². The summed E-state index contributed by atoms with van der Waals surface area (Å²) in [5.74, 6) is 0.944. The van der Waals surface area contributed by atoms with E-state index in [9.17, 15) is 4.79 Å². The minimum Gasteiger partial charge on any atom is -0.379 e. The molecule has 2 N–H and O–H groups in total. The average Bonchev–Trinajstić information content (AvgIpc) is 3.52. The fraction of sp³-hybridized carbons (Fsp3) is 0.333. The van der Waals surface area contributed by atoms with Crippen molar-refractivity contribution in [1.29, 1.82) is 0 Å². The summed E-state index contributed by atoms with van der Waals surface area (Å²) in [4.78, 5) is 33.5. The number of hydrogen-bond acceptors (Lipinski definition) is 8. The number of anilines is 2. The van der Waals surface area contributed by atoms with Crippen LogP contribution in [-0.4, -0.2) is 81.6 Å².